The maximum atomic E-state index is 9.66. The molecule has 8 heteroatoms. The van der Waals surface area contributed by atoms with Gasteiger partial charge in [0.1, 0.15) is 18.1 Å². The number of nitriles is 1. The zero-order valence-corrected chi connectivity index (χ0v) is 11.0. The first-order chi connectivity index (χ1) is 10.2. The van der Waals surface area contributed by atoms with E-state index in [2.05, 4.69) is 27.1 Å². The van der Waals surface area contributed by atoms with Crippen molar-refractivity contribution in [3.05, 3.63) is 18.2 Å². The molecule has 1 saturated heterocycles. The number of aliphatic hydroxyl groups is 1. The van der Waals surface area contributed by atoms with Gasteiger partial charge in [0.15, 0.2) is 11.5 Å². The van der Waals surface area contributed by atoms with E-state index in [-0.39, 0.29) is 12.4 Å². The highest BCUT2D eigenvalue weighted by molar-refractivity contribution is 5.59. The van der Waals surface area contributed by atoms with Crippen molar-refractivity contribution in [2.24, 2.45) is 5.92 Å². The number of nitrogen functional groups attached to an aromatic ring is 1. The monoisotopic (exact) mass is 284 g/mol. The molecule has 2 aromatic rings. The van der Waals surface area contributed by atoms with E-state index in [1.165, 1.54) is 17.0 Å². The molecule has 1 aliphatic rings. The Bertz CT molecular complexity index is 773. The SMILES string of the molecule is C#C[C@H]1C[C@@H](CO)O[C@@]1(C#N)c1cnc2c(N)ncnn12. The fourth-order valence-corrected chi connectivity index (χ4v) is 2.61. The van der Waals surface area contributed by atoms with Crippen molar-refractivity contribution in [3.63, 3.8) is 0 Å². The first kappa shape index (κ1) is 13.3. The van der Waals surface area contributed by atoms with Crippen molar-refractivity contribution in [1.82, 2.24) is 19.6 Å². The quantitative estimate of drug-likeness (QED) is 0.710. The molecule has 0 amide bonds. The highest BCUT2D eigenvalue weighted by Gasteiger charge is 2.52. The van der Waals surface area contributed by atoms with Gasteiger partial charge in [-0.1, -0.05) is 5.92 Å². The summed E-state index contributed by atoms with van der Waals surface area (Å²) in [5.74, 6) is 2.24. The number of aromatic nitrogens is 4. The van der Waals surface area contributed by atoms with Crippen LogP contribution in [0.2, 0.25) is 0 Å². The van der Waals surface area contributed by atoms with Crippen molar-refractivity contribution in [2.75, 3.05) is 12.3 Å². The van der Waals surface area contributed by atoms with Crippen LogP contribution in [-0.4, -0.2) is 37.4 Å². The van der Waals surface area contributed by atoms with E-state index in [1.54, 1.807) is 0 Å². The predicted octanol–water partition coefficient (Wildman–Crippen LogP) is -0.544. The van der Waals surface area contributed by atoms with Gasteiger partial charge in [-0.25, -0.2) is 14.5 Å². The van der Waals surface area contributed by atoms with Gasteiger partial charge in [-0.05, 0) is 6.42 Å². The van der Waals surface area contributed by atoms with E-state index in [4.69, 9.17) is 16.9 Å². The second-order valence-electron chi connectivity index (χ2n) is 4.75. The van der Waals surface area contributed by atoms with Gasteiger partial charge in [-0.2, -0.15) is 10.4 Å². The zero-order valence-electron chi connectivity index (χ0n) is 11.0. The maximum Gasteiger partial charge on any atom is 0.212 e. The molecule has 8 nitrogen and oxygen atoms in total. The average molecular weight is 284 g/mol. The van der Waals surface area contributed by atoms with Crippen molar-refractivity contribution in [2.45, 2.75) is 18.1 Å². The van der Waals surface area contributed by atoms with Crippen molar-refractivity contribution >= 4 is 11.5 Å². The molecule has 0 saturated carbocycles. The molecule has 0 aliphatic carbocycles. The number of aliphatic hydroxyl groups excluding tert-OH is 1. The Hall–Kier alpha value is -2.68. The van der Waals surface area contributed by atoms with Crippen LogP contribution in [0.1, 0.15) is 12.1 Å². The Kier molecular flexibility index (Phi) is 2.98. The number of nitrogens with zero attached hydrogens (tertiary/aromatic N) is 5. The van der Waals surface area contributed by atoms with Crippen LogP contribution in [0.15, 0.2) is 12.5 Å². The molecular formula is C13H12N6O2. The zero-order chi connectivity index (χ0) is 15.0. The molecule has 3 rings (SSSR count). The minimum Gasteiger partial charge on any atom is -0.394 e. The molecule has 0 aromatic carbocycles. The Morgan fingerprint density at radius 3 is 3.10 bits per heavy atom. The number of imidazole rings is 1. The Balaban J connectivity index is 2.22. The average Bonchev–Trinajstić information content (AvgIpc) is 3.09. The summed E-state index contributed by atoms with van der Waals surface area (Å²) in [6.07, 6.45) is 8.13. The molecule has 2 aromatic heterocycles. The van der Waals surface area contributed by atoms with Crippen LogP contribution in [0.4, 0.5) is 5.82 Å². The fraction of sp³-hybridized carbons (Fsp3) is 0.385. The van der Waals surface area contributed by atoms with Gasteiger partial charge in [0, 0.05) is 0 Å². The van der Waals surface area contributed by atoms with Gasteiger partial charge in [0.2, 0.25) is 5.60 Å². The Labute approximate surface area is 120 Å². The van der Waals surface area contributed by atoms with E-state index in [0.29, 0.717) is 17.8 Å². The maximum absolute atomic E-state index is 9.66. The first-order valence-electron chi connectivity index (χ1n) is 6.27. The van der Waals surface area contributed by atoms with Crippen LogP contribution in [0.3, 0.4) is 0 Å². The van der Waals surface area contributed by atoms with Crippen LogP contribution in [-0.2, 0) is 10.3 Å². The molecule has 0 unspecified atom stereocenters. The number of hydrogen-bond donors (Lipinski definition) is 2. The highest BCUT2D eigenvalue weighted by atomic mass is 16.5. The lowest BCUT2D eigenvalue weighted by atomic mass is 9.86. The second kappa shape index (κ2) is 4.70. The van der Waals surface area contributed by atoms with Gasteiger partial charge in [-0.3, -0.25) is 0 Å². The smallest absolute Gasteiger partial charge is 0.212 e. The van der Waals surface area contributed by atoms with Crippen LogP contribution >= 0.6 is 0 Å². The van der Waals surface area contributed by atoms with Gasteiger partial charge in [0.25, 0.3) is 0 Å². The molecule has 1 aliphatic heterocycles. The number of fused-ring (bicyclic) bond motifs is 1. The fourth-order valence-electron chi connectivity index (χ4n) is 2.61. The number of ether oxygens (including phenoxy) is 1. The number of anilines is 1. The van der Waals surface area contributed by atoms with Crippen molar-refractivity contribution in [1.29, 1.82) is 5.26 Å². The van der Waals surface area contributed by atoms with Crippen LogP contribution in [0, 0.1) is 29.6 Å². The lowest BCUT2D eigenvalue weighted by molar-refractivity contribution is -0.0388. The summed E-state index contributed by atoms with van der Waals surface area (Å²) >= 11 is 0. The van der Waals surface area contributed by atoms with E-state index < -0.39 is 17.6 Å². The topological polar surface area (TPSA) is 122 Å². The van der Waals surface area contributed by atoms with Gasteiger partial charge < -0.3 is 15.6 Å². The summed E-state index contributed by atoms with van der Waals surface area (Å²) in [7, 11) is 0. The molecule has 0 spiro atoms. The van der Waals surface area contributed by atoms with E-state index in [9.17, 15) is 10.4 Å². The molecule has 21 heavy (non-hydrogen) atoms. The van der Waals surface area contributed by atoms with Crippen molar-refractivity contribution < 1.29 is 9.84 Å². The third-order valence-corrected chi connectivity index (χ3v) is 3.62. The molecule has 3 atom stereocenters. The van der Waals surface area contributed by atoms with Crippen LogP contribution in [0.25, 0.3) is 5.65 Å². The summed E-state index contributed by atoms with van der Waals surface area (Å²) < 4.78 is 7.13. The lowest BCUT2D eigenvalue weighted by Gasteiger charge is -2.23. The first-order valence-corrected chi connectivity index (χ1v) is 6.27. The molecule has 0 bridgehead atoms. The summed E-state index contributed by atoms with van der Waals surface area (Å²) in [5.41, 5.74) is 5.03. The van der Waals surface area contributed by atoms with Crippen LogP contribution < -0.4 is 5.73 Å². The number of terminal acetylenes is 1. The largest absolute Gasteiger partial charge is 0.394 e. The van der Waals surface area contributed by atoms with Crippen molar-refractivity contribution in [3.8, 4) is 18.4 Å². The number of nitrogens with two attached hydrogens (primary N) is 1. The molecule has 106 valence electrons. The van der Waals surface area contributed by atoms with Crippen LogP contribution in [0.5, 0.6) is 0 Å². The third-order valence-electron chi connectivity index (χ3n) is 3.62. The molecule has 3 N–H and O–H groups in total. The molecule has 0 radical (unpaired) electrons. The van der Waals surface area contributed by atoms with Gasteiger partial charge >= 0.3 is 0 Å². The van der Waals surface area contributed by atoms with Gasteiger partial charge in [-0.15, -0.1) is 6.42 Å². The minimum absolute atomic E-state index is 0.193. The summed E-state index contributed by atoms with van der Waals surface area (Å²) in [6.45, 7) is -0.213. The van der Waals surface area contributed by atoms with Gasteiger partial charge in [0.05, 0.1) is 24.8 Å². The molecular weight excluding hydrogens is 272 g/mol. The number of rotatable bonds is 2. The Morgan fingerprint density at radius 2 is 2.43 bits per heavy atom. The summed E-state index contributed by atoms with van der Waals surface area (Å²) in [4.78, 5) is 7.97. The van der Waals surface area contributed by atoms with E-state index in [0.717, 1.165) is 0 Å². The minimum atomic E-state index is -1.41. The third kappa shape index (κ3) is 1.74. The lowest BCUT2D eigenvalue weighted by Crippen LogP contribution is -2.33. The normalized spacial score (nSPS) is 28.3. The second-order valence-corrected chi connectivity index (χ2v) is 4.75. The standard InChI is InChI=1S/C13H12N6O2/c1-2-8-3-9(5-20)21-13(8,6-14)10-4-16-12-11(15)17-7-18-19(10)12/h1,4,7-9,20H,3,5H2,(H2,15,17,18)/t8-,9-,13+/m0/s1. The van der Waals surface area contributed by atoms with E-state index >= 15 is 0 Å². The Morgan fingerprint density at radius 1 is 1.62 bits per heavy atom. The predicted molar refractivity (Wildman–Crippen MR) is 71.4 cm³/mol. The molecule has 3 heterocycles. The number of hydrogen-bond acceptors (Lipinski definition) is 7. The molecule has 1 fully saturated rings. The highest BCUT2D eigenvalue weighted by Crippen LogP contribution is 2.43. The summed E-state index contributed by atoms with van der Waals surface area (Å²) in [6, 6.07) is 2.12. The van der Waals surface area contributed by atoms with E-state index in [1.807, 2.05) is 0 Å². The summed E-state index contributed by atoms with van der Waals surface area (Å²) in [5, 5.41) is 23.0.